The van der Waals surface area contributed by atoms with E-state index in [9.17, 15) is 14.0 Å². The van der Waals surface area contributed by atoms with Crippen LogP contribution in [0.5, 0.6) is 11.6 Å². The van der Waals surface area contributed by atoms with Crippen molar-refractivity contribution in [1.29, 1.82) is 0 Å². The van der Waals surface area contributed by atoms with Crippen LogP contribution < -0.4 is 10.1 Å². The van der Waals surface area contributed by atoms with Gasteiger partial charge in [-0.05, 0) is 76.6 Å². The molecule has 0 unspecified atom stereocenters. The van der Waals surface area contributed by atoms with E-state index in [1.165, 1.54) is 12.1 Å². The van der Waals surface area contributed by atoms with Crippen LogP contribution in [-0.2, 0) is 4.74 Å². The first-order chi connectivity index (χ1) is 20.9. The number of imidazole rings is 1. The molecule has 2 aromatic heterocycles. The number of hydrogen-bond acceptors (Lipinski definition) is 7. The molecule has 2 fully saturated rings. The standard InChI is InChI=1S/C34H38FN5O4/c1-20-6-10-25(35)14-30(20)43-31-15-27(36-16-23-18-39(19-23)33(42)44-34(3,4)5)32-37-17-28(40(32)38-31)24-9-11-26(21(2)12-24)29(41)13-22-7-8-22/h6,9-12,14-15,17,22-23,36H,7-8,13,16,18-19H2,1-5H3. The topological polar surface area (TPSA) is 98.1 Å². The summed E-state index contributed by atoms with van der Waals surface area (Å²) in [6.07, 6.45) is 4.31. The van der Waals surface area contributed by atoms with Crippen molar-refractivity contribution in [3.63, 3.8) is 0 Å². The highest BCUT2D eigenvalue weighted by molar-refractivity contribution is 5.98. The third-order valence-corrected chi connectivity index (χ3v) is 7.99. The van der Waals surface area contributed by atoms with Gasteiger partial charge < -0.3 is 19.7 Å². The van der Waals surface area contributed by atoms with Gasteiger partial charge >= 0.3 is 6.09 Å². The molecule has 10 heteroatoms. The fourth-order valence-electron chi connectivity index (χ4n) is 5.38. The lowest BCUT2D eigenvalue weighted by molar-refractivity contribution is 0.000836. The van der Waals surface area contributed by atoms with E-state index >= 15 is 0 Å². The summed E-state index contributed by atoms with van der Waals surface area (Å²) in [7, 11) is 0. The van der Waals surface area contributed by atoms with Gasteiger partial charge in [-0.1, -0.05) is 18.2 Å². The largest absolute Gasteiger partial charge is 0.444 e. The lowest BCUT2D eigenvalue weighted by Gasteiger charge is -2.39. The second-order valence-electron chi connectivity index (χ2n) is 13.0. The number of rotatable bonds is 9. The van der Waals surface area contributed by atoms with Gasteiger partial charge in [-0.15, -0.1) is 5.10 Å². The summed E-state index contributed by atoms with van der Waals surface area (Å²) in [5, 5.41) is 8.21. The Kier molecular flexibility index (Phi) is 7.77. The van der Waals surface area contributed by atoms with Crippen molar-refractivity contribution in [2.75, 3.05) is 25.0 Å². The third kappa shape index (κ3) is 6.54. The predicted octanol–water partition coefficient (Wildman–Crippen LogP) is 7.21. The van der Waals surface area contributed by atoms with Crippen molar-refractivity contribution in [3.8, 4) is 22.9 Å². The van der Waals surface area contributed by atoms with Gasteiger partial charge in [-0.3, -0.25) is 4.79 Å². The van der Waals surface area contributed by atoms with Crippen LogP contribution in [-0.4, -0.2) is 56.6 Å². The number of anilines is 1. The molecule has 2 aliphatic rings. The van der Waals surface area contributed by atoms with Crippen molar-refractivity contribution in [2.45, 2.75) is 59.5 Å². The first kappa shape index (κ1) is 29.6. The molecule has 230 valence electrons. The Balaban J connectivity index is 1.27. The maximum absolute atomic E-state index is 14.1. The van der Waals surface area contributed by atoms with Crippen molar-refractivity contribution in [2.24, 2.45) is 11.8 Å². The molecule has 1 saturated carbocycles. The number of benzene rings is 2. The Morgan fingerprint density at radius 3 is 2.50 bits per heavy atom. The molecule has 1 aliphatic carbocycles. The van der Waals surface area contributed by atoms with E-state index in [-0.39, 0.29) is 23.7 Å². The number of ketones is 1. The second-order valence-corrected chi connectivity index (χ2v) is 13.0. The van der Waals surface area contributed by atoms with Gasteiger partial charge in [0.15, 0.2) is 11.4 Å². The Morgan fingerprint density at radius 1 is 1.02 bits per heavy atom. The van der Waals surface area contributed by atoms with Gasteiger partial charge in [0.2, 0.25) is 5.88 Å². The van der Waals surface area contributed by atoms with Gasteiger partial charge in [-0.2, -0.15) is 0 Å². The number of nitrogens with zero attached hydrogens (tertiary/aromatic N) is 4. The number of ether oxygens (including phenoxy) is 2. The molecule has 0 bridgehead atoms. The average molecular weight is 600 g/mol. The summed E-state index contributed by atoms with van der Waals surface area (Å²) >= 11 is 0. The van der Waals surface area contributed by atoms with E-state index in [2.05, 4.69) is 10.3 Å². The van der Waals surface area contributed by atoms with Gasteiger partial charge in [0, 0.05) is 55.2 Å². The molecular formula is C34H38FN5O4. The highest BCUT2D eigenvalue weighted by Crippen LogP contribution is 2.35. The van der Waals surface area contributed by atoms with Crippen LogP contribution in [0.2, 0.25) is 0 Å². The molecule has 3 heterocycles. The number of aryl methyl sites for hydroxylation is 2. The number of Topliss-reactive ketones (excluding diaryl/α,β-unsaturated/α-hetero) is 1. The number of halogens is 1. The van der Waals surface area contributed by atoms with Crippen molar-refractivity contribution < 1.29 is 23.5 Å². The molecule has 6 rings (SSSR count). The first-order valence-electron chi connectivity index (χ1n) is 15.1. The smallest absolute Gasteiger partial charge is 0.410 e. The van der Waals surface area contributed by atoms with E-state index in [0.717, 1.165) is 40.8 Å². The molecular weight excluding hydrogens is 561 g/mol. The van der Waals surface area contributed by atoms with Gasteiger partial charge in [0.05, 0.1) is 17.6 Å². The predicted molar refractivity (Wildman–Crippen MR) is 166 cm³/mol. The SMILES string of the molecule is Cc1ccc(F)cc1Oc1cc(NCC2CN(C(=O)OC(C)(C)C)C2)c2ncc(-c3ccc(C(=O)CC4CC4)c(C)c3)n2n1. The summed E-state index contributed by atoms with van der Waals surface area (Å²) in [6, 6.07) is 11.9. The number of amides is 1. The minimum absolute atomic E-state index is 0.182. The molecule has 0 atom stereocenters. The zero-order valence-electron chi connectivity index (χ0n) is 25.8. The number of fused-ring (bicyclic) bond motifs is 1. The maximum atomic E-state index is 14.1. The molecule has 0 spiro atoms. The molecule has 9 nitrogen and oxygen atoms in total. The van der Waals surface area contributed by atoms with E-state index < -0.39 is 11.4 Å². The molecule has 1 aliphatic heterocycles. The van der Waals surface area contributed by atoms with Gasteiger partial charge in [-0.25, -0.2) is 18.7 Å². The Labute approximate surface area is 256 Å². The zero-order valence-corrected chi connectivity index (χ0v) is 25.8. The number of carbonyl (C=O) groups is 2. The van der Waals surface area contributed by atoms with E-state index in [4.69, 9.17) is 14.6 Å². The quantitative estimate of drug-likeness (QED) is 0.203. The van der Waals surface area contributed by atoms with Crippen LogP contribution in [0.1, 0.15) is 61.5 Å². The number of aromatic nitrogens is 3. The van der Waals surface area contributed by atoms with Crippen molar-refractivity contribution in [1.82, 2.24) is 19.5 Å². The van der Waals surface area contributed by atoms with Crippen LogP contribution in [0, 0.1) is 31.5 Å². The minimum atomic E-state index is -0.539. The molecule has 1 N–H and O–H groups in total. The van der Waals surface area contributed by atoms with Crippen molar-refractivity contribution in [3.05, 3.63) is 71.2 Å². The molecule has 0 radical (unpaired) electrons. The normalized spacial score (nSPS) is 15.3. The number of nitrogens with one attached hydrogen (secondary N) is 1. The highest BCUT2D eigenvalue weighted by Gasteiger charge is 2.33. The van der Waals surface area contributed by atoms with Gasteiger partial charge in [0.1, 0.15) is 17.2 Å². The summed E-state index contributed by atoms with van der Waals surface area (Å²) in [5.74, 6) is 1.16. The lowest BCUT2D eigenvalue weighted by Crippen LogP contribution is -2.53. The van der Waals surface area contributed by atoms with Crippen LogP contribution in [0.3, 0.4) is 0 Å². The Morgan fingerprint density at radius 2 is 1.80 bits per heavy atom. The Bertz CT molecular complexity index is 1730. The maximum Gasteiger partial charge on any atom is 0.410 e. The molecule has 1 saturated heterocycles. The summed E-state index contributed by atoms with van der Waals surface area (Å²) in [5.41, 5.74) is 4.77. The lowest BCUT2D eigenvalue weighted by atomic mass is 9.98. The molecule has 2 aromatic carbocycles. The highest BCUT2D eigenvalue weighted by atomic mass is 19.1. The zero-order chi connectivity index (χ0) is 31.2. The van der Waals surface area contributed by atoms with Crippen LogP contribution >= 0.6 is 0 Å². The van der Waals surface area contributed by atoms with E-state index in [1.807, 2.05) is 52.8 Å². The minimum Gasteiger partial charge on any atom is -0.444 e. The molecule has 4 aromatic rings. The molecule has 1 amide bonds. The molecule has 44 heavy (non-hydrogen) atoms. The second kappa shape index (κ2) is 11.6. The van der Waals surface area contributed by atoms with E-state index in [0.29, 0.717) is 49.1 Å². The summed E-state index contributed by atoms with van der Waals surface area (Å²) in [4.78, 5) is 31.6. The Hall–Kier alpha value is -4.47. The fraction of sp³-hybridized carbons (Fsp3) is 0.412. The van der Waals surface area contributed by atoms with Crippen LogP contribution in [0.25, 0.3) is 16.9 Å². The van der Waals surface area contributed by atoms with Crippen LogP contribution in [0.4, 0.5) is 14.9 Å². The first-order valence-corrected chi connectivity index (χ1v) is 15.1. The van der Waals surface area contributed by atoms with E-state index in [1.54, 1.807) is 27.7 Å². The third-order valence-electron chi connectivity index (χ3n) is 7.99. The van der Waals surface area contributed by atoms with Crippen molar-refractivity contribution >= 4 is 23.2 Å². The number of likely N-dealkylation sites (tertiary alicyclic amines) is 1. The fourth-order valence-corrected chi connectivity index (χ4v) is 5.38. The van der Waals surface area contributed by atoms with Crippen LogP contribution in [0.15, 0.2) is 48.7 Å². The van der Waals surface area contributed by atoms with Gasteiger partial charge in [0.25, 0.3) is 0 Å². The number of carbonyl (C=O) groups excluding carboxylic acids is 2. The summed E-state index contributed by atoms with van der Waals surface area (Å²) < 4.78 is 27.4. The number of hydrogen-bond donors (Lipinski definition) is 1. The average Bonchev–Trinajstić information content (AvgIpc) is 3.63. The summed E-state index contributed by atoms with van der Waals surface area (Å²) in [6.45, 7) is 11.1. The monoisotopic (exact) mass is 599 g/mol.